The average molecular weight is 297 g/mol. The summed E-state index contributed by atoms with van der Waals surface area (Å²) in [7, 11) is 5.66. The van der Waals surface area contributed by atoms with E-state index in [1.807, 2.05) is 6.92 Å². The molecule has 1 aliphatic rings. The number of carbonyl (C=O) groups excluding carboxylic acids is 1. The van der Waals surface area contributed by atoms with Crippen LogP contribution in [0.4, 0.5) is 5.13 Å². The Morgan fingerprint density at radius 1 is 1.45 bits per heavy atom. The molecule has 1 saturated heterocycles. The molecule has 2 rings (SSSR count). The maximum Gasteiger partial charge on any atom is 0.350 e. The Morgan fingerprint density at radius 2 is 2.10 bits per heavy atom. The number of thiazole rings is 1. The van der Waals surface area contributed by atoms with Crippen molar-refractivity contribution in [3.05, 3.63) is 10.6 Å². The Balaban J connectivity index is 1.99. The Bertz CT molecular complexity index is 465. The van der Waals surface area contributed by atoms with E-state index in [2.05, 4.69) is 28.9 Å². The molecule has 0 N–H and O–H groups in total. The third kappa shape index (κ3) is 3.49. The minimum Gasteiger partial charge on any atom is -0.465 e. The number of aromatic nitrogens is 1. The normalized spacial score (nSPS) is 16.8. The lowest BCUT2D eigenvalue weighted by Crippen LogP contribution is -2.37. The molecule has 1 aromatic heterocycles. The number of ether oxygens (including phenoxy) is 1. The fraction of sp³-hybridized carbons (Fsp3) is 0.714. The van der Waals surface area contributed by atoms with Gasteiger partial charge in [0.25, 0.3) is 0 Å². The molecule has 20 heavy (non-hydrogen) atoms. The highest BCUT2D eigenvalue weighted by Crippen LogP contribution is 2.30. The smallest absolute Gasteiger partial charge is 0.350 e. The van der Waals surface area contributed by atoms with E-state index in [4.69, 9.17) is 4.74 Å². The first kappa shape index (κ1) is 15.3. The highest BCUT2D eigenvalue weighted by atomic mass is 32.1. The largest absolute Gasteiger partial charge is 0.465 e. The van der Waals surface area contributed by atoms with Crippen LogP contribution in [0.1, 0.15) is 28.2 Å². The molecule has 0 aromatic carbocycles. The van der Waals surface area contributed by atoms with Crippen LogP contribution in [-0.2, 0) is 4.74 Å². The molecule has 0 spiro atoms. The molecule has 1 aliphatic heterocycles. The van der Waals surface area contributed by atoms with E-state index >= 15 is 0 Å². The number of anilines is 1. The summed E-state index contributed by atoms with van der Waals surface area (Å²) < 4.78 is 4.79. The van der Waals surface area contributed by atoms with Gasteiger partial charge in [-0.05, 0) is 39.8 Å². The molecular weight excluding hydrogens is 274 g/mol. The van der Waals surface area contributed by atoms with Crippen molar-refractivity contribution in [1.29, 1.82) is 0 Å². The minimum atomic E-state index is -0.284. The molecule has 0 radical (unpaired) electrons. The Hall–Kier alpha value is -1.14. The van der Waals surface area contributed by atoms with Gasteiger partial charge in [0.15, 0.2) is 5.13 Å². The minimum absolute atomic E-state index is 0.284. The molecule has 0 unspecified atom stereocenters. The van der Waals surface area contributed by atoms with Crippen LogP contribution in [-0.4, -0.2) is 56.7 Å². The van der Waals surface area contributed by atoms with E-state index in [-0.39, 0.29) is 5.97 Å². The Morgan fingerprint density at radius 3 is 2.65 bits per heavy atom. The fourth-order valence-corrected chi connectivity index (χ4v) is 3.66. The van der Waals surface area contributed by atoms with Crippen LogP contribution in [0.25, 0.3) is 0 Å². The first-order valence-corrected chi connectivity index (χ1v) is 7.78. The van der Waals surface area contributed by atoms with Gasteiger partial charge in [-0.15, -0.1) is 0 Å². The third-order valence-electron chi connectivity index (χ3n) is 3.66. The van der Waals surface area contributed by atoms with E-state index in [0.717, 1.165) is 36.4 Å². The molecule has 0 saturated carbocycles. The molecule has 112 valence electrons. The Kier molecular flexibility index (Phi) is 4.99. The summed E-state index contributed by atoms with van der Waals surface area (Å²) in [5.74, 6) is 0.483. The zero-order chi connectivity index (χ0) is 14.7. The topological polar surface area (TPSA) is 45.7 Å². The van der Waals surface area contributed by atoms with Crippen molar-refractivity contribution in [2.45, 2.75) is 19.8 Å². The van der Waals surface area contributed by atoms with Crippen molar-refractivity contribution >= 4 is 22.4 Å². The predicted octanol–water partition coefficient (Wildman–Crippen LogP) is 2.02. The van der Waals surface area contributed by atoms with Crippen LogP contribution in [0.2, 0.25) is 0 Å². The molecule has 2 heterocycles. The molecule has 6 heteroatoms. The molecule has 0 amide bonds. The number of methoxy groups -OCH3 is 1. The number of hydrogen-bond acceptors (Lipinski definition) is 6. The van der Waals surface area contributed by atoms with E-state index in [1.165, 1.54) is 31.3 Å². The average Bonchev–Trinajstić information content (AvgIpc) is 2.80. The van der Waals surface area contributed by atoms with Gasteiger partial charge in [-0.2, -0.15) is 0 Å². The molecule has 0 aliphatic carbocycles. The van der Waals surface area contributed by atoms with Gasteiger partial charge in [0.05, 0.1) is 12.8 Å². The quantitative estimate of drug-likeness (QED) is 0.796. The SMILES string of the molecule is COC(=O)c1sc(N2CCC(CN(C)C)CC2)nc1C. The van der Waals surface area contributed by atoms with Crippen LogP contribution in [0.5, 0.6) is 0 Å². The first-order chi connectivity index (χ1) is 9.51. The van der Waals surface area contributed by atoms with Gasteiger partial charge in [0, 0.05) is 19.6 Å². The highest BCUT2D eigenvalue weighted by molar-refractivity contribution is 7.17. The number of piperidine rings is 1. The van der Waals surface area contributed by atoms with Crippen LogP contribution < -0.4 is 4.90 Å². The van der Waals surface area contributed by atoms with Crippen LogP contribution in [0, 0.1) is 12.8 Å². The van der Waals surface area contributed by atoms with Gasteiger partial charge in [-0.1, -0.05) is 11.3 Å². The van der Waals surface area contributed by atoms with E-state index < -0.39 is 0 Å². The molecule has 1 fully saturated rings. The second kappa shape index (κ2) is 6.54. The zero-order valence-electron chi connectivity index (χ0n) is 12.7. The second-order valence-corrected chi connectivity index (χ2v) is 6.57. The lowest BCUT2D eigenvalue weighted by atomic mass is 9.97. The standard InChI is InChI=1S/C14H23N3O2S/c1-10-12(13(18)19-4)20-14(15-10)17-7-5-11(6-8-17)9-16(2)3/h11H,5-9H2,1-4H3. The predicted molar refractivity (Wildman–Crippen MR) is 81.7 cm³/mol. The third-order valence-corrected chi connectivity index (χ3v) is 4.86. The highest BCUT2D eigenvalue weighted by Gasteiger charge is 2.24. The van der Waals surface area contributed by atoms with Crippen molar-refractivity contribution in [2.75, 3.05) is 45.7 Å². The molecule has 0 bridgehead atoms. The Labute approximate surface area is 124 Å². The second-order valence-electron chi connectivity index (χ2n) is 5.60. The summed E-state index contributed by atoms with van der Waals surface area (Å²) >= 11 is 1.44. The first-order valence-electron chi connectivity index (χ1n) is 6.96. The zero-order valence-corrected chi connectivity index (χ0v) is 13.5. The van der Waals surface area contributed by atoms with Crippen LogP contribution in [0.3, 0.4) is 0 Å². The van der Waals surface area contributed by atoms with Crippen molar-refractivity contribution in [1.82, 2.24) is 9.88 Å². The molecule has 5 nitrogen and oxygen atoms in total. The number of nitrogens with zero attached hydrogens (tertiary/aromatic N) is 3. The lowest BCUT2D eigenvalue weighted by molar-refractivity contribution is 0.0605. The van der Waals surface area contributed by atoms with E-state index in [0.29, 0.717) is 4.88 Å². The summed E-state index contributed by atoms with van der Waals surface area (Å²) in [6.07, 6.45) is 2.37. The fourth-order valence-electron chi connectivity index (χ4n) is 2.62. The molecule has 1 aromatic rings. The van der Waals surface area contributed by atoms with Gasteiger partial charge in [-0.25, -0.2) is 9.78 Å². The van der Waals surface area contributed by atoms with Crippen molar-refractivity contribution in [2.24, 2.45) is 5.92 Å². The van der Waals surface area contributed by atoms with Gasteiger partial charge in [-0.3, -0.25) is 0 Å². The summed E-state index contributed by atoms with van der Waals surface area (Å²) in [4.78, 5) is 21.3. The maximum atomic E-state index is 11.6. The van der Waals surface area contributed by atoms with Crippen molar-refractivity contribution in [3.8, 4) is 0 Å². The number of rotatable bonds is 4. The molecular formula is C14H23N3O2S. The van der Waals surface area contributed by atoms with Crippen molar-refractivity contribution < 1.29 is 9.53 Å². The number of hydrogen-bond donors (Lipinski definition) is 0. The van der Waals surface area contributed by atoms with Crippen molar-refractivity contribution in [3.63, 3.8) is 0 Å². The summed E-state index contributed by atoms with van der Waals surface area (Å²) in [6, 6.07) is 0. The number of carbonyl (C=O) groups is 1. The summed E-state index contributed by atoms with van der Waals surface area (Å²) in [5, 5.41) is 0.950. The van der Waals surface area contributed by atoms with Crippen LogP contribution >= 0.6 is 11.3 Å². The lowest BCUT2D eigenvalue weighted by Gasteiger charge is -2.32. The van der Waals surface area contributed by atoms with Gasteiger partial charge >= 0.3 is 5.97 Å². The number of esters is 1. The number of aryl methyl sites for hydroxylation is 1. The van der Waals surface area contributed by atoms with Gasteiger partial charge < -0.3 is 14.5 Å². The summed E-state index contributed by atoms with van der Waals surface area (Å²) in [5.41, 5.74) is 0.771. The summed E-state index contributed by atoms with van der Waals surface area (Å²) in [6.45, 7) is 5.06. The maximum absolute atomic E-state index is 11.6. The van der Waals surface area contributed by atoms with Crippen LogP contribution in [0.15, 0.2) is 0 Å². The molecule has 0 atom stereocenters. The van der Waals surface area contributed by atoms with E-state index in [9.17, 15) is 4.79 Å². The van der Waals surface area contributed by atoms with Gasteiger partial charge in [0.2, 0.25) is 0 Å². The monoisotopic (exact) mass is 297 g/mol. The van der Waals surface area contributed by atoms with Gasteiger partial charge in [0.1, 0.15) is 4.88 Å². The van der Waals surface area contributed by atoms with E-state index in [1.54, 1.807) is 0 Å².